The molecule has 0 radical (unpaired) electrons. The van der Waals surface area contributed by atoms with Crippen molar-refractivity contribution in [3.05, 3.63) is 0 Å². The minimum atomic E-state index is 0. The molecule has 1 atom stereocenters. The molecule has 20 heavy (non-hydrogen) atoms. The van der Waals surface area contributed by atoms with E-state index in [0.29, 0.717) is 23.9 Å². The summed E-state index contributed by atoms with van der Waals surface area (Å²) in [5.74, 6) is 0.299. The van der Waals surface area contributed by atoms with Crippen LogP contribution in [0.4, 0.5) is 0 Å². The van der Waals surface area contributed by atoms with Gasteiger partial charge in [-0.05, 0) is 37.6 Å². The number of halogens is 1. The predicted octanol–water partition coefficient (Wildman–Crippen LogP) is 1.49. The van der Waals surface area contributed by atoms with Crippen LogP contribution in [0, 0.1) is 5.41 Å². The maximum atomic E-state index is 12.0. The van der Waals surface area contributed by atoms with Crippen molar-refractivity contribution in [1.82, 2.24) is 15.1 Å². The average Bonchev–Trinajstić information content (AvgIpc) is 2.38. The molecule has 0 aromatic heterocycles. The van der Waals surface area contributed by atoms with E-state index in [1.54, 1.807) is 0 Å². The molecule has 1 amide bonds. The highest BCUT2D eigenvalue weighted by Gasteiger charge is 2.36. The summed E-state index contributed by atoms with van der Waals surface area (Å²) >= 11 is 0. The molecule has 4 nitrogen and oxygen atoms in total. The Bertz CT molecular complexity index is 346. The van der Waals surface area contributed by atoms with Crippen molar-refractivity contribution in [1.29, 1.82) is 0 Å². The molecule has 3 fully saturated rings. The number of piperazine rings is 1. The molecule has 0 aromatic rings. The van der Waals surface area contributed by atoms with Gasteiger partial charge in [-0.1, -0.05) is 13.3 Å². The van der Waals surface area contributed by atoms with Gasteiger partial charge in [0.2, 0.25) is 5.91 Å². The Balaban J connectivity index is 0.00000147. The number of hydrogen-bond donors (Lipinski definition) is 1. The number of nitrogens with one attached hydrogen (secondary N) is 1. The summed E-state index contributed by atoms with van der Waals surface area (Å²) < 4.78 is 0. The third-order valence-corrected chi connectivity index (χ3v) is 5.21. The molecule has 0 spiro atoms. The Hall–Kier alpha value is -0.320. The first-order chi connectivity index (χ1) is 9.16. The number of hydrogen-bond acceptors (Lipinski definition) is 3. The van der Waals surface area contributed by atoms with Gasteiger partial charge in [-0.15, -0.1) is 12.4 Å². The summed E-state index contributed by atoms with van der Waals surface area (Å²) in [7, 11) is 0. The van der Waals surface area contributed by atoms with E-state index < -0.39 is 0 Å². The number of rotatable bonds is 3. The second kappa shape index (κ2) is 6.63. The van der Waals surface area contributed by atoms with Gasteiger partial charge in [-0.3, -0.25) is 4.79 Å². The zero-order valence-corrected chi connectivity index (χ0v) is 13.4. The normalized spacial score (nSPS) is 30.6. The lowest BCUT2D eigenvalue weighted by atomic mass is 9.70. The van der Waals surface area contributed by atoms with Crippen molar-refractivity contribution < 1.29 is 4.79 Å². The molecule has 3 rings (SSSR count). The van der Waals surface area contributed by atoms with Gasteiger partial charge in [0.15, 0.2) is 0 Å². The van der Waals surface area contributed by atoms with E-state index in [2.05, 4.69) is 22.0 Å². The van der Waals surface area contributed by atoms with Crippen LogP contribution in [0.25, 0.3) is 0 Å². The Morgan fingerprint density at radius 3 is 2.75 bits per heavy atom. The minimum absolute atomic E-state index is 0. The van der Waals surface area contributed by atoms with E-state index in [4.69, 9.17) is 0 Å². The Morgan fingerprint density at radius 2 is 2.10 bits per heavy atom. The van der Waals surface area contributed by atoms with Crippen LogP contribution < -0.4 is 5.32 Å². The van der Waals surface area contributed by atoms with Crippen LogP contribution in [0.1, 0.15) is 39.0 Å². The van der Waals surface area contributed by atoms with Crippen LogP contribution in [-0.2, 0) is 4.79 Å². The lowest BCUT2D eigenvalue weighted by Crippen LogP contribution is -2.57. The van der Waals surface area contributed by atoms with Crippen molar-refractivity contribution in [2.75, 3.05) is 39.3 Å². The van der Waals surface area contributed by atoms with Gasteiger partial charge in [0.1, 0.15) is 0 Å². The van der Waals surface area contributed by atoms with E-state index >= 15 is 0 Å². The predicted molar refractivity (Wildman–Crippen MR) is 83.3 cm³/mol. The van der Waals surface area contributed by atoms with Crippen LogP contribution in [0.15, 0.2) is 0 Å². The maximum Gasteiger partial charge on any atom is 0.236 e. The molecule has 1 N–H and O–H groups in total. The summed E-state index contributed by atoms with van der Waals surface area (Å²) in [6.07, 6.45) is 6.63. The van der Waals surface area contributed by atoms with E-state index in [1.165, 1.54) is 45.2 Å². The highest BCUT2D eigenvalue weighted by molar-refractivity contribution is 5.85. The first-order valence-electron chi connectivity index (χ1n) is 7.89. The third-order valence-electron chi connectivity index (χ3n) is 5.21. The lowest BCUT2D eigenvalue weighted by molar-refractivity contribution is -0.135. The molecule has 2 saturated heterocycles. The van der Waals surface area contributed by atoms with Crippen molar-refractivity contribution in [3.63, 3.8) is 0 Å². The van der Waals surface area contributed by atoms with E-state index in [-0.39, 0.29) is 12.4 Å². The quantitative estimate of drug-likeness (QED) is 0.858. The second-order valence-corrected chi connectivity index (χ2v) is 6.96. The summed E-state index contributed by atoms with van der Waals surface area (Å²) in [5, 5.41) is 3.17. The standard InChI is InChI=1S/C15H27N3O.ClH/c1-15(5-3-6-15)12-17-8-2-4-13(11-17)18-9-7-16-10-14(18)19;/h13,16H,2-12H2,1H3;1H. The molecular weight excluding hydrogens is 274 g/mol. The summed E-state index contributed by atoms with van der Waals surface area (Å²) in [5.41, 5.74) is 0.565. The summed E-state index contributed by atoms with van der Waals surface area (Å²) in [6.45, 7) is 8.39. The number of piperidine rings is 1. The van der Waals surface area contributed by atoms with E-state index in [1.807, 2.05) is 0 Å². The maximum absolute atomic E-state index is 12.0. The second-order valence-electron chi connectivity index (χ2n) is 6.96. The molecule has 116 valence electrons. The minimum Gasteiger partial charge on any atom is -0.336 e. The molecule has 0 bridgehead atoms. The van der Waals surface area contributed by atoms with Crippen molar-refractivity contribution in [3.8, 4) is 0 Å². The molecule has 0 aromatic carbocycles. The fourth-order valence-electron chi connectivity index (χ4n) is 3.91. The Kier molecular flexibility index (Phi) is 5.32. The first kappa shape index (κ1) is 16.1. The number of amides is 1. The molecule has 1 saturated carbocycles. The fraction of sp³-hybridized carbons (Fsp3) is 0.933. The molecule has 1 aliphatic carbocycles. The molecular formula is C15H28ClN3O. The third kappa shape index (κ3) is 3.46. The van der Waals surface area contributed by atoms with Gasteiger partial charge in [0.05, 0.1) is 6.54 Å². The first-order valence-corrected chi connectivity index (χ1v) is 7.89. The molecule has 5 heteroatoms. The monoisotopic (exact) mass is 301 g/mol. The van der Waals surface area contributed by atoms with Crippen LogP contribution in [0.3, 0.4) is 0 Å². The molecule has 3 aliphatic rings. The highest BCUT2D eigenvalue weighted by Crippen LogP contribution is 2.41. The average molecular weight is 302 g/mol. The summed E-state index contributed by atoms with van der Waals surface area (Å²) in [4.78, 5) is 16.7. The van der Waals surface area contributed by atoms with Gasteiger partial charge in [0.25, 0.3) is 0 Å². The lowest BCUT2D eigenvalue weighted by Gasteiger charge is -2.46. The zero-order chi connectivity index (χ0) is 13.3. The number of carbonyl (C=O) groups excluding carboxylic acids is 1. The smallest absolute Gasteiger partial charge is 0.236 e. The highest BCUT2D eigenvalue weighted by atomic mass is 35.5. The van der Waals surface area contributed by atoms with Crippen molar-refractivity contribution in [2.45, 2.75) is 45.1 Å². The van der Waals surface area contributed by atoms with Crippen LogP contribution >= 0.6 is 12.4 Å². The fourth-order valence-corrected chi connectivity index (χ4v) is 3.91. The van der Waals surface area contributed by atoms with Gasteiger partial charge in [0, 0.05) is 32.2 Å². The number of nitrogens with zero attached hydrogens (tertiary/aromatic N) is 2. The van der Waals surface area contributed by atoms with Gasteiger partial charge < -0.3 is 15.1 Å². The topological polar surface area (TPSA) is 35.6 Å². The Morgan fingerprint density at radius 1 is 1.30 bits per heavy atom. The van der Waals surface area contributed by atoms with Crippen LogP contribution in [-0.4, -0.2) is 61.0 Å². The molecule has 2 heterocycles. The van der Waals surface area contributed by atoms with Gasteiger partial charge >= 0.3 is 0 Å². The van der Waals surface area contributed by atoms with Gasteiger partial charge in [-0.25, -0.2) is 0 Å². The largest absolute Gasteiger partial charge is 0.336 e. The number of carbonyl (C=O) groups is 1. The molecule has 1 unspecified atom stereocenters. The van der Waals surface area contributed by atoms with E-state index in [9.17, 15) is 4.79 Å². The van der Waals surface area contributed by atoms with E-state index in [0.717, 1.165) is 19.6 Å². The summed E-state index contributed by atoms with van der Waals surface area (Å²) in [6, 6.07) is 0.465. The Labute approximate surface area is 128 Å². The van der Waals surface area contributed by atoms with Crippen molar-refractivity contribution >= 4 is 18.3 Å². The van der Waals surface area contributed by atoms with Crippen LogP contribution in [0.2, 0.25) is 0 Å². The van der Waals surface area contributed by atoms with Crippen LogP contribution in [0.5, 0.6) is 0 Å². The van der Waals surface area contributed by atoms with Crippen molar-refractivity contribution in [2.24, 2.45) is 5.41 Å². The molecule has 2 aliphatic heterocycles. The zero-order valence-electron chi connectivity index (χ0n) is 12.6. The number of likely N-dealkylation sites (tertiary alicyclic amines) is 1. The SMILES string of the molecule is CC1(CN2CCCC(N3CCNCC3=O)C2)CCC1.Cl. The van der Waals surface area contributed by atoms with Gasteiger partial charge in [-0.2, -0.15) is 0 Å².